The summed E-state index contributed by atoms with van der Waals surface area (Å²) in [5.41, 5.74) is 2.16. The Morgan fingerprint density at radius 1 is 1.03 bits per heavy atom. The van der Waals surface area contributed by atoms with E-state index in [1.165, 1.54) is 17.3 Å². The molecule has 0 bridgehead atoms. The minimum absolute atomic E-state index is 0.0183. The van der Waals surface area contributed by atoms with Crippen molar-refractivity contribution in [2.24, 2.45) is 0 Å². The number of rotatable bonds is 3. The van der Waals surface area contributed by atoms with Gasteiger partial charge in [-0.3, -0.25) is 4.79 Å². The number of carbonyl (C=O) groups excluding carboxylic acids is 1. The standard InChI is InChI=1S/C21H24FN3O3S/c1-15-13-17-14-18(7-8-20(17)25(15)16(2)26)29(27,28)24-11-9-23(10-12-24)21-6-4-3-5-19(21)22/h3-8,14-15H,9-13H2,1-2H3/t15-/m1/s1. The van der Waals surface area contributed by atoms with Crippen LogP contribution in [0.15, 0.2) is 47.4 Å². The van der Waals surface area contributed by atoms with Gasteiger partial charge in [0.25, 0.3) is 0 Å². The lowest BCUT2D eigenvalue weighted by Crippen LogP contribution is -2.48. The lowest BCUT2D eigenvalue weighted by Gasteiger charge is -2.35. The Bertz CT molecular complexity index is 1050. The predicted octanol–water partition coefficient (Wildman–Crippen LogP) is 2.63. The molecule has 0 N–H and O–H groups in total. The quantitative estimate of drug-likeness (QED) is 0.770. The van der Waals surface area contributed by atoms with Gasteiger partial charge in [-0.2, -0.15) is 4.31 Å². The van der Waals surface area contributed by atoms with E-state index < -0.39 is 10.0 Å². The lowest BCUT2D eigenvalue weighted by atomic mass is 10.1. The van der Waals surface area contributed by atoms with Gasteiger partial charge in [-0.25, -0.2) is 12.8 Å². The van der Waals surface area contributed by atoms with Crippen molar-refractivity contribution in [3.8, 4) is 0 Å². The van der Waals surface area contributed by atoms with Crippen molar-refractivity contribution < 1.29 is 17.6 Å². The number of carbonyl (C=O) groups is 1. The van der Waals surface area contributed by atoms with E-state index in [1.807, 2.05) is 11.8 Å². The molecule has 1 fully saturated rings. The highest BCUT2D eigenvalue weighted by molar-refractivity contribution is 7.89. The predicted molar refractivity (Wildman–Crippen MR) is 110 cm³/mol. The van der Waals surface area contributed by atoms with Crippen molar-refractivity contribution in [3.63, 3.8) is 0 Å². The number of piperazine rings is 1. The Labute approximate surface area is 170 Å². The summed E-state index contributed by atoms with van der Waals surface area (Å²) in [6.07, 6.45) is 0.638. The molecule has 0 aromatic heterocycles. The van der Waals surface area contributed by atoms with Crippen molar-refractivity contribution in [2.45, 2.75) is 31.2 Å². The van der Waals surface area contributed by atoms with Crippen LogP contribution >= 0.6 is 0 Å². The number of nitrogens with zero attached hydrogens (tertiary/aromatic N) is 3. The van der Waals surface area contributed by atoms with E-state index in [-0.39, 0.29) is 22.7 Å². The third-order valence-electron chi connectivity index (χ3n) is 5.68. The van der Waals surface area contributed by atoms with Crippen LogP contribution < -0.4 is 9.80 Å². The molecule has 29 heavy (non-hydrogen) atoms. The van der Waals surface area contributed by atoms with Crippen LogP contribution in [0.1, 0.15) is 19.4 Å². The molecule has 2 aliphatic heterocycles. The van der Waals surface area contributed by atoms with Gasteiger partial charge in [0.05, 0.1) is 10.6 Å². The third kappa shape index (κ3) is 3.51. The molecule has 2 aromatic rings. The molecule has 154 valence electrons. The summed E-state index contributed by atoms with van der Waals surface area (Å²) in [5.74, 6) is -0.345. The van der Waals surface area contributed by atoms with Crippen molar-refractivity contribution >= 4 is 27.3 Å². The molecule has 0 spiro atoms. The SMILES string of the molecule is CC(=O)N1c2ccc(S(=O)(=O)N3CCN(c4ccccc4F)CC3)cc2C[C@H]1C. The maximum atomic E-state index is 14.0. The second kappa shape index (κ2) is 7.42. The highest BCUT2D eigenvalue weighted by atomic mass is 32.2. The molecule has 6 nitrogen and oxygen atoms in total. The smallest absolute Gasteiger partial charge is 0.243 e. The number of sulfonamides is 1. The molecule has 0 unspecified atom stereocenters. The van der Waals surface area contributed by atoms with Gasteiger partial charge in [-0.15, -0.1) is 0 Å². The fourth-order valence-electron chi connectivity index (χ4n) is 4.27. The van der Waals surface area contributed by atoms with E-state index in [0.717, 1.165) is 11.3 Å². The van der Waals surface area contributed by atoms with Crippen molar-refractivity contribution in [1.82, 2.24) is 4.31 Å². The fraction of sp³-hybridized carbons (Fsp3) is 0.381. The number of fused-ring (bicyclic) bond motifs is 1. The van der Waals surface area contributed by atoms with Crippen LogP contribution in [0.3, 0.4) is 0 Å². The van der Waals surface area contributed by atoms with E-state index in [9.17, 15) is 17.6 Å². The van der Waals surface area contributed by atoms with E-state index >= 15 is 0 Å². The molecule has 1 amide bonds. The van der Waals surface area contributed by atoms with Crippen LogP contribution in [0, 0.1) is 5.82 Å². The molecule has 8 heteroatoms. The minimum atomic E-state index is -3.65. The molecule has 0 radical (unpaired) electrons. The highest BCUT2D eigenvalue weighted by Crippen LogP contribution is 2.34. The molecule has 2 aliphatic rings. The van der Waals surface area contributed by atoms with Crippen LogP contribution in [0.25, 0.3) is 0 Å². The zero-order valence-corrected chi connectivity index (χ0v) is 17.3. The second-order valence-corrected chi connectivity index (χ2v) is 9.51. The van der Waals surface area contributed by atoms with Crippen LogP contribution in [0.5, 0.6) is 0 Å². The number of hydrogen-bond donors (Lipinski definition) is 0. The molecule has 4 rings (SSSR count). The summed E-state index contributed by atoms with van der Waals surface area (Å²) in [4.78, 5) is 15.7. The van der Waals surface area contributed by atoms with Crippen molar-refractivity contribution in [1.29, 1.82) is 0 Å². The minimum Gasteiger partial charge on any atom is -0.367 e. The van der Waals surface area contributed by atoms with Gasteiger partial charge in [0, 0.05) is 44.8 Å². The summed E-state index contributed by atoms with van der Waals surface area (Å²) in [6, 6.07) is 11.5. The Morgan fingerprint density at radius 2 is 1.72 bits per heavy atom. The van der Waals surface area contributed by atoms with Gasteiger partial charge in [0.1, 0.15) is 5.82 Å². The molecule has 2 aromatic carbocycles. The summed E-state index contributed by atoms with van der Waals surface area (Å²) < 4.78 is 41.8. The molecule has 0 saturated carbocycles. The summed E-state index contributed by atoms with van der Waals surface area (Å²) in [6.45, 7) is 4.93. The monoisotopic (exact) mass is 417 g/mol. The second-order valence-electron chi connectivity index (χ2n) is 7.58. The number of hydrogen-bond acceptors (Lipinski definition) is 4. The zero-order valence-electron chi connectivity index (χ0n) is 16.5. The van der Waals surface area contributed by atoms with Crippen LogP contribution in [0.4, 0.5) is 15.8 Å². The van der Waals surface area contributed by atoms with Crippen molar-refractivity contribution in [3.05, 3.63) is 53.8 Å². The zero-order chi connectivity index (χ0) is 20.8. The van der Waals surface area contributed by atoms with Crippen LogP contribution in [0.2, 0.25) is 0 Å². The molecule has 2 heterocycles. The maximum absolute atomic E-state index is 14.0. The highest BCUT2D eigenvalue weighted by Gasteiger charge is 2.33. The normalized spacial score (nSPS) is 20.0. The molecular formula is C21H24FN3O3S. The van der Waals surface area contributed by atoms with Gasteiger partial charge >= 0.3 is 0 Å². The van der Waals surface area contributed by atoms with E-state index in [4.69, 9.17) is 0 Å². The molecule has 0 aliphatic carbocycles. The van der Waals surface area contributed by atoms with Gasteiger partial charge in [-0.05, 0) is 49.2 Å². The first-order valence-corrected chi connectivity index (χ1v) is 11.2. The van der Waals surface area contributed by atoms with Gasteiger partial charge < -0.3 is 9.80 Å². The van der Waals surface area contributed by atoms with E-state index in [0.29, 0.717) is 38.3 Å². The Balaban J connectivity index is 1.53. The number of halogens is 1. The first-order chi connectivity index (χ1) is 13.8. The third-order valence-corrected chi connectivity index (χ3v) is 7.57. The van der Waals surface area contributed by atoms with Crippen LogP contribution in [-0.4, -0.2) is 50.9 Å². The first kappa shape index (κ1) is 19.8. The Morgan fingerprint density at radius 3 is 2.38 bits per heavy atom. The topological polar surface area (TPSA) is 60.9 Å². The Hall–Kier alpha value is -2.45. The van der Waals surface area contributed by atoms with E-state index in [2.05, 4.69) is 0 Å². The van der Waals surface area contributed by atoms with Gasteiger partial charge in [0.2, 0.25) is 15.9 Å². The first-order valence-electron chi connectivity index (χ1n) is 9.71. The fourth-order valence-corrected chi connectivity index (χ4v) is 5.75. The average Bonchev–Trinajstić information content (AvgIpc) is 3.03. The lowest BCUT2D eigenvalue weighted by molar-refractivity contribution is -0.116. The molecule has 1 saturated heterocycles. The largest absolute Gasteiger partial charge is 0.367 e. The Kier molecular flexibility index (Phi) is 5.08. The van der Waals surface area contributed by atoms with Crippen LogP contribution in [-0.2, 0) is 21.2 Å². The number of benzene rings is 2. The molecular weight excluding hydrogens is 393 g/mol. The maximum Gasteiger partial charge on any atom is 0.243 e. The van der Waals surface area contributed by atoms with Crippen molar-refractivity contribution in [2.75, 3.05) is 36.0 Å². The van der Waals surface area contributed by atoms with Gasteiger partial charge in [0.15, 0.2) is 0 Å². The number of anilines is 2. The van der Waals surface area contributed by atoms with E-state index in [1.54, 1.807) is 41.3 Å². The average molecular weight is 418 g/mol. The number of amides is 1. The molecule has 1 atom stereocenters. The number of para-hydroxylation sites is 1. The van der Waals surface area contributed by atoms with Gasteiger partial charge in [-0.1, -0.05) is 12.1 Å². The summed E-state index contributed by atoms with van der Waals surface area (Å²) in [7, 11) is -3.65. The summed E-state index contributed by atoms with van der Waals surface area (Å²) in [5, 5.41) is 0. The summed E-state index contributed by atoms with van der Waals surface area (Å²) >= 11 is 0.